The Balaban J connectivity index is 0. The first kappa shape index (κ1) is 8.92. The third-order valence-electron chi connectivity index (χ3n) is 0. The van der Waals surface area contributed by atoms with E-state index < -0.39 is 5.88 Å². The molecule has 4 heteroatoms. The van der Waals surface area contributed by atoms with Crippen molar-refractivity contribution in [3.8, 4) is 0 Å². The largest absolute Gasteiger partial charge is 0.412 e. The zero-order chi connectivity index (χ0) is 3.58. The van der Waals surface area contributed by atoms with E-state index in [1.54, 1.807) is 0 Å². The Bertz CT molecular complexity index is 14.4. The molecular weight excluding hydrogens is 101 g/mol. The van der Waals surface area contributed by atoms with Gasteiger partial charge in [0.2, 0.25) is 0 Å². The van der Waals surface area contributed by atoms with Crippen molar-refractivity contribution in [1.82, 2.24) is 0 Å². The Kier molecular flexibility index (Phi) is 7.34. The number of rotatable bonds is 0. The average molecular weight is 104 g/mol. The van der Waals surface area contributed by atoms with Crippen LogP contribution >= 0.6 is 11.6 Å². The summed E-state index contributed by atoms with van der Waals surface area (Å²) in [5, 5.41) is 0. The summed E-state index contributed by atoms with van der Waals surface area (Å²) in [7, 11) is 0. The first-order valence-corrected chi connectivity index (χ1v) is 1.09. The fourth-order valence-corrected chi connectivity index (χ4v) is 0. The average Bonchev–Trinajstić information content (AvgIpc) is 0.811. The van der Waals surface area contributed by atoms with Gasteiger partial charge in [-0.15, -0.1) is 0 Å². The van der Waals surface area contributed by atoms with Gasteiger partial charge >= 0.3 is 5.88 Å². The van der Waals surface area contributed by atoms with Gasteiger partial charge in [0.15, 0.2) is 0 Å². The summed E-state index contributed by atoms with van der Waals surface area (Å²) in [5.74, 6) is -2.69. The number of hydrogen-bond acceptors (Lipinski definition) is 0. The Morgan fingerprint density at radius 3 is 1.40 bits per heavy atom. The zero-order valence-electron chi connectivity index (χ0n) is 2.21. The van der Waals surface area contributed by atoms with Crippen LogP contribution in [-0.2, 0) is 0 Å². The molecule has 34 valence electrons. The van der Waals surface area contributed by atoms with Crippen LogP contribution in [-0.4, -0.2) is 11.4 Å². The van der Waals surface area contributed by atoms with Crippen LogP contribution in [0.3, 0.4) is 0 Å². The highest BCUT2D eigenvalue weighted by molar-refractivity contribution is 6.18. The van der Waals surface area contributed by atoms with Crippen molar-refractivity contribution in [3.05, 3.63) is 0 Å². The Morgan fingerprint density at radius 2 is 1.40 bits per heavy atom. The van der Waals surface area contributed by atoms with Crippen LogP contribution in [0.15, 0.2) is 0 Å². The molecule has 0 aromatic heterocycles. The molecule has 0 amide bonds. The lowest BCUT2D eigenvalue weighted by Gasteiger charge is -1.66. The summed E-state index contributed by atoms with van der Waals surface area (Å²) in [6.45, 7) is 0. The summed E-state index contributed by atoms with van der Waals surface area (Å²) in [4.78, 5) is 0. The summed E-state index contributed by atoms with van der Waals surface area (Å²) in [5.41, 5.74) is 0. The van der Waals surface area contributed by atoms with E-state index in [0.29, 0.717) is 0 Å². The highest BCUT2D eigenvalue weighted by atomic mass is 35.5. The molecule has 0 spiro atoms. The Hall–Kier alpha value is 0.110. The third-order valence-corrected chi connectivity index (χ3v) is 0. The van der Waals surface area contributed by atoms with Crippen LogP contribution in [0.1, 0.15) is 0 Å². The molecule has 0 bridgehead atoms. The van der Waals surface area contributed by atoms with Crippen molar-refractivity contribution < 1.29 is 14.3 Å². The minimum absolute atomic E-state index is 0. The third kappa shape index (κ3) is 1510. The van der Waals surface area contributed by atoms with Gasteiger partial charge in [-0.3, -0.25) is 0 Å². The minimum Gasteiger partial charge on any atom is -0.412 e. The predicted octanol–water partition coefficient (Wildman–Crippen LogP) is 0.623. The highest BCUT2D eigenvalue weighted by Gasteiger charge is 1.83. The molecule has 0 rings (SSSR count). The maximum Gasteiger partial charge on any atom is 0.312 e. The first-order chi connectivity index (χ1) is 1.73. The van der Waals surface area contributed by atoms with Crippen LogP contribution in [0.25, 0.3) is 0 Å². The topological polar surface area (TPSA) is 31.5 Å². The molecule has 0 aliphatic heterocycles. The second kappa shape index (κ2) is 4.11. The van der Waals surface area contributed by atoms with Gasteiger partial charge in [-0.25, -0.2) is 0 Å². The molecule has 0 saturated heterocycles. The molecule has 0 unspecified atom stereocenters. The molecular formula is CH3ClF2O. The molecule has 0 aromatic rings. The Morgan fingerprint density at radius 1 is 1.40 bits per heavy atom. The monoisotopic (exact) mass is 104 g/mol. The lowest BCUT2D eigenvalue weighted by Crippen LogP contribution is -1.62. The summed E-state index contributed by atoms with van der Waals surface area (Å²) in [6.07, 6.45) is 0. The van der Waals surface area contributed by atoms with Gasteiger partial charge in [0.1, 0.15) is 0 Å². The van der Waals surface area contributed by atoms with Gasteiger partial charge in [0.25, 0.3) is 0 Å². The SMILES string of the molecule is FC(F)Cl.O. The van der Waals surface area contributed by atoms with Crippen LogP contribution < -0.4 is 0 Å². The number of hydrogen-bond donors (Lipinski definition) is 0. The van der Waals surface area contributed by atoms with Gasteiger partial charge < -0.3 is 5.48 Å². The van der Waals surface area contributed by atoms with Crippen molar-refractivity contribution >= 4 is 11.6 Å². The maximum atomic E-state index is 10.1. The molecule has 1 nitrogen and oxygen atoms in total. The van der Waals surface area contributed by atoms with Crippen molar-refractivity contribution in [3.63, 3.8) is 0 Å². The van der Waals surface area contributed by atoms with Crippen LogP contribution in [0.2, 0.25) is 0 Å². The second-order valence-electron chi connectivity index (χ2n) is 0.247. The van der Waals surface area contributed by atoms with E-state index in [4.69, 9.17) is 0 Å². The van der Waals surface area contributed by atoms with Crippen LogP contribution in [0.4, 0.5) is 8.78 Å². The number of alkyl halides is 3. The lowest BCUT2D eigenvalue weighted by atomic mass is 11.7. The van der Waals surface area contributed by atoms with Crippen molar-refractivity contribution in [1.29, 1.82) is 0 Å². The van der Waals surface area contributed by atoms with Crippen LogP contribution in [0, 0.1) is 0 Å². The first-order valence-electron chi connectivity index (χ1n) is 0.655. The summed E-state index contributed by atoms with van der Waals surface area (Å²) in [6, 6.07) is 0. The molecule has 0 heterocycles. The fraction of sp³-hybridized carbons (Fsp3) is 1.00. The quantitative estimate of drug-likeness (QED) is 0.404. The molecule has 0 aliphatic rings. The molecule has 0 saturated carbocycles. The molecule has 5 heavy (non-hydrogen) atoms. The highest BCUT2D eigenvalue weighted by Crippen LogP contribution is 1.93. The fourth-order valence-electron chi connectivity index (χ4n) is 0. The van der Waals surface area contributed by atoms with Crippen molar-refractivity contribution in [2.45, 2.75) is 5.88 Å². The van der Waals surface area contributed by atoms with E-state index in [9.17, 15) is 8.78 Å². The lowest BCUT2D eigenvalue weighted by molar-refractivity contribution is 0.243. The molecule has 2 N–H and O–H groups in total. The second-order valence-corrected chi connectivity index (χ2v) is 0.577. The van der Waals surface area contributed by atoms with E-state index in [1.807, 2.05) is 0 Å². The van der Waals surface area contributed by atoms with Gasteiger partial charge in [0.05, 0.1) is 0 Å². The molecule has 0 fully saturated rings. The molecule has 0 radical (unpaired) electrons. The van der Waals surface area contributed by atoms with E-state index in [-0.39, 0.29) is 5.48 Å². The number of halogens is 3. The Labute approximate surface area is 32.9 Å². The predicted molar refractivity (Wildman–Crippen MR) is 15.5 cm³/mol. The van der Waals surface area contributed by atoms with Gasteiger partial charge in [0, 0.05) is 0 Å². The molecule has 0 atom stereocenters. The minimum atomic E-state index is -2.69. The van der Waals surface area contributed by atoms with Crippen LogP contribution in [0.5, 0.6) is 0 Å². The zero-order valence-corrected chi connectivity index (χ0v) is 2.97. The van der Waals surface area contributed by atoms with Crippen molar-refractivity contribution in [2.75, 3.05) is 0 Å². The standard InChI is InChI=1S/CHClF2.H2O/c2-1(3)4;/h1H;1H2. The summed E-state index contributed by atoms with van der Waals surface area (Å²) >= 11 is 3.94. The summed E-state index contributed by atoms with van der Waals surface area (Å²) < 4.78 is 20.2. The smallest absolute Gasteiger partial charge is 0.312 e. The van der Waals surface area contributed by atoms with Crippen molar-refractivity contribution in [2.24, 2.45) is 0 Å². The van der Waals surface area contributed by atoms with Gasteiger partial charge in [-0.1, -0.05) is 11.6 Å². The molecule has 0 aliphatic carbocycles. The van der Waals surface area contributed by atoms with Gasteiger partial charge in [-0.05, 0) is 0 Å². The van der Waals surface area contributed by atoms with E-state index in [1.165, 1.54) is 0 Å². The van der Waals surface area contributed by atoms with E-state index >= 15 is 0 Å². The molecule has 0 aromatic carbocycles. The maximum absolute atomic E-state index is 10.1. The van der Waals surface area contributed by atoms with E-state index in [2.05, 4.69) is 11.6 Å². The normalized spacial score (nSPS) is 7.20. The van der Waals surface area contributed by atoms with Gasteiger partial charge in [-0.2, -0.15) is 8.78 Å². The van der Waals surface area contributed by atoms with E-state index in [0.717, 1.165) is 0 Å².